The third-order valence-corrected chi connectivity index (χ3v) is 3.63. The van der Waals surface area contributed by atoms with Crippen molar-refractivity contribution in [3.8, 4) is 0 Å². The van der Waals surface area contributed by atoms with Crippen molar-refractivity contribution in [3.05, 3.63) is 16.4 Å². The van der Waals surface area contributed by atoms with Gasteiger partial charge in [-0.25, -0.2) is 0 Å². The first kappa shape index (κ1) is 14.5. The summed E-state index contributed by atoms with van der Waals surface area (Å²) in [5, 5.41) is 14.9. The van der Waals surface area contributed by atoms with E-state index in [0.717, 1.165) is 42.2 Å². The number of aryl methyl sites for hydroxylation is 2. The van der Waals surface area contributed by atoms with E-state index in [2.05, 4.69) is 12.0 Å². The van der Waals surface area contributed by atoms with E-state index in [9.17, 15) is 5.11 Å². The number of hydrogen-bond acceptors (Lipinski definition) is 2. The molecule has 0 aliphatic rings. The molecule has 0 aliphatic carbocycles. The van der Waals surface area contributed by atoms with Crippen molar-refractivity contribution in [3.63, 3.8) is 0 Å². The van der Waals surface area contributed by atoms with Gasteiger partial charge in [0.05, 0.1) is 22.5 Å². The number of aromatic nitrogens is 2. The lowest BCUT2D eigenvalue weighted by Crippen LogP contribution is -2.15. The maximum atomic E-state index is 9.75. The van der Waals surface area contributed by atoms with Crippen LogP contribution in [0.3, 0.4) is 0 Å². The molecule has 98 valence electrons. The first-order valence-electron chi connectivity index (χ1n) is 6.37. The van der Waals surface area contributed by atoms with Gasteiger partial charge < -0.3 is 5.11 Å². The largest absolute Gasteiger partial charge is 0.393 e. The van der Waals surface area contributed by atoms with Crippen LogP contribution in [-0.2, 0) is 13.0 Å². The predicted octanol–water partition coefficient (Wildman–Crippen LogP) is 3.20. The van der Waals surface area contributed by atoms with E-state index in [1.54, 1.807) is 0 Å². The summed E-state index contributed by atoms with van der Waals surface area (Å²) in [6.07, 6.45) is 2.44. The average Bonchev–Trinajstić information content (AvgIpc) is 2.56. The molecule has 0 radical (unpaired) electrons. The Bertz CT molecular complexity index is 361. The number of rotatable bonds is 6. The summed E-state index contributed by atoms with van der Waals surface area (Å²) >= 11 is 6.22. The van der Waals surface area contributed by atoms with Gasteiger partial charge in [-0.2, -0.15) is 5.10 Å². The van der Waals surface area contributed by atoms with Gasteiger partial charge in [0.2, 0.25) is 0 Å². The van der Waals surface area contributed by atoms with Crippen LogP contribution in [0.4, 0.5) is 0 Å². The van der Waals surface area contributed by atoms with Crippen molar-refractivity contribution in [1.82, 2.24) is 9.78 Å². The van der Waals surface area contributed by atoms with Crippen LogP contribution in [0.5, 0.6) is 0 Å². The zero-order chi connectivity index (χ0) is 13.0. The molecule has 1 unspecified atom stereocenters. The molecule has 0 aliphatic heterocycles. The van der Waals surface area contributed by atoms with Gasteiger partial charge in [0, 0.05) is 6.54 Å². The zero-order valence-corrected chi connectivity index (χ0v) is 12.0. The maximum Gasteiger partial charge on any atom is 0.0847 e. The van der Waals surface area contributed by atoms with E-state index in [4.69, 9.17) is 11.6 Å². The van der Waals surface area contributed by atoms with Crippen LogP contribution in [0.25, 0.3) is 0 Å². The van der Waals surface area contributed by atoms with Gasteiger partial charge in [0.15, 0.2) is 0 Å². The Balaban J connectivity index is 2.57. The van der Waals surface area contributed by atoms with Gasteiger partial charge in [0.25, 0.3) is 0 Å². The highest BCUT2D eigenvalue weighted by molar-refractivity contribution is 6.31. The Hall–Kier alpha value is -0.540. The minimum absolute atomic E-state index is 0.215. The van der Waals surface area contributed by atoms with Crippen LogP contribution < -0.4 is 0 Å². The molecular formula is C13H23ClN2O. The van der Waals surface area contributed by atoms with Gasteiger partial charge in [0.1, 0.15) is 0 Å². The summed E-state index contributed by atoms with van der Waals surface area (Å²) in [6, 6.07) is 0. The molecule has 0 saturated carbocycles. The molecule has 0 spiro atoms. The summed E-state index contributed by atoms with van der Waals surface area (Å²) < 4.78 is 1.96. The number of aliphatic hydroxyl groups is 1. The highest BCUT2D eigenvalue weighted by Gasteiger charge is 2.14. The Morgan fingerprint density at radius 1 is 1.41 bits per heavy atom. The lowest BCUT2D eigenvalue weighted by Gasteiger charge is -2.14. The summed E-state index contributed by atoms with van der Waals surface area (Å²) in [5.41, 5.74) is 2.00. The molecule has 0 aromatic carbocycles. The fraction of sp³-hybridized carbons (Fsp3) is 0.769. The fourth-order valence-electron chi connectivity index (χ4n) is 1.92. The minimum Gasteiger partial charge on any atom is -0.393 e. The topological polar surface area (TPSA) is 38.0 Å². The third kappa shape index (κ3) is 3.71. The first-order valence-corrected chi connectivity index (χ1v) is 6.75. The monoisotopic (exact) mass is 258 g/mol. The van der Waals surface area contributed by atoms with Gasteiger partial charge in [-0.05, 0) is 39.0 Å². The molecule has 1 aromatic rings. The third-order valence-electron chi connectivity index (χ3n) is 3.14. The Kier molecular flexibility index (Phi) is 5.47. The van der Waals surface area contributed by atoms with E-state index < -0.39 is 0 Å². The quantitative estimate of drug-likeness (QED) is 0.851. The summed E-state index contributed by atoms with van der Waals surface area (Å²) in [5.74, 6) is 0.322. The Morgan fingerprint density at radius 2 is 2.06 bits per heavy atom. The molecular weight excluding hydrogens is 236 g/mol. The Morgan fingerprint density at radius 3 is 2.59 bits per heavy atom. The first-order chi connectivity index (χ1) is 7.97. The second-order valence-corrected chi connectivity index (χ2v) is 5.24. The Labute approximate surface area is 109 Å². The van der Waals surface area contributed by atoms with Crippen LogP contribution in [0.2, 0.25) is 5.02 Å². The SMILES string of the molecule is CCn1nc(C)c(Cl)c1CCCC(O)C(C)C. The second kappa shape index (κ2) is 6.41. The van der Waals surface area contributed by atoms with Crippen LogP contribution in [0.1, 0.15) is 45.0 Å². The summed E-state index contributed by atoms with van der Waals surface area (Å²) in [6.45, 7) is 8.92. The molecule has 0 fully saturated rings. The van der Waals surface area contributed by atoms with Gasteiger partial charge in [-0.1, -0.05) is 25.4 Å². The average molecular weight is 259 g/mol. The van der Waals surface area contributed by atoms with Crippen molar-refractivity contribution in [2.75, 3.05) is 0 Å². The van der Waals surface area contributed by atoms with Crippen molar-refractivity contribution in [1.29, 1.82) is 0 Å². The molecule has 1 N–H and O–H groups in total. The van der Waals surface area contributed by atoms with Gasteiger partial charge in [-0.15, -0.1) is 0 Å². The molecule has 3 nitrogen and oxygen atoms in total. The van der Waals surface area contributed by atoms with Crippen molar-refractivity contribution < 1.29 is 5.11 Å². The number of hydrogen-bond donors (Lipinski definition) is 1. The van der Waals surface area contributed by atoms with Crippen molar-refractivity contribution in [2.24, 2.45) is 5.92 Å². The molecule has 0 bridgehead atoms. The predicted molar refractivity (Wildman–Crippen MR) is 71.4 cm³/mol. The standard InChI is InChI=1S/C13H23ClN2O/c1-5-16-11(13(14)10(4)15-16)7-6-8-12(17)9(2)3/h9,12,17H,5-8H2,1-4H3. The summed E-state index contributed by atoms with van der Waals surface area (Å²) in [4.78, 5) is 0. The molecule has 1 atom stereocenters. The molecule has 1 heterocycles. The molecule has 4 heteroatoms. The van der Waals surface area contributed by atoms with Gasteiger partial charge >= 0.3 is 0 Å². The molecule has 1 rings (SSSR count). The number of halogens is 1. The van der Waals surface area contributed by atoms with Gasteiger partial charge in [-0.3, -0.25) is 4.68 Å². The minimum atomic E-state index is -0.215. The van der Waals surface area contributed by atoms with Crippen LogP contribution in [0.15, 0.2) is 0 Å². The molecule has 1 aromatic heterocycles. The molecule has 17 heavy (non-hydrogen) atoms. The van der Waals surface area contributed by atoms with Crippen LogP contribution >= 0.6 is 11.6 Å². The van der Waals surface area contributed by atoms with E-state index in [0.29, 0.717) is 5.92 Å². The highest BCUT2D eigenvalue weighted by atomic mass is 35.5. The van der Waals surface area contributed by atoms with Crippen LogP contribution in [0, 0.1) is 12.8 Å². The number of nitrogens with zero attached hydrogens (tertiary/aromatic N) is 2. The number of aliphatic hydroxyl groups excluding tert-OH is 1. The highest BCUT2D eigenvalue weighted by Crippen LogP contribution is 2.22. The van der Waals surface area contributed by atoms with E-state index in [-0.39, 0.29) is 6.10 Å². The normalized spacial score (nSPS) is 13.4. The van der Waals surface area contributed by atoms with E-state index in [1.807, 2.05) is 25.5 Å². The van der Waals surface area contributed by atoms with Crippen molar-refractivity contribution >= 4 is 11.6 Å². The molecule has 0 amide bonds. The lowest BCUT2D eigenvalue weighted by molar-refractivity contribution is 0.114. The lowest BCUT2D eigenvalue weighted by atomic mass is 10.0. The zero-order valence-electron chi connectivity index (χ0n) is 11.2. The maximum absolute atomic E-state index is 9.75. The van der Waals surface area contributed by atoms with Crippen LogP contribution in [-0.4, -0.2) is 21.0 Å². The summed E-state index contributed by atoms with van der Waals surface area (Å²) in [7, 11) is 0. The fourth-order valence-corrected chi connectivity index (χ4v) is 2.15. The smallest absolute Gasteiger partial charge is 0.0847 e. The van der Waals surface area contributed by atoms with E-state index >= 15 is 0 Å². The second-order valence-electron chi connectivity index (χ2n) is 4.87. The molecule has 0 saturated heterocycles. The van der Waals surface area contributed by atoms with E-state index in [1.165, 1.54) is 0 Å². The van der Waals surface area contributed by atoms with Crippen molar-refractivity contribution in [2.45, 2.75) is 59.6 Å².